The fourth-order valence-corrected chi connectivity index (χ4v) is 2.58. The molecule has 118 valence electrons. The Kier molecular flexibility index (Phi) is 5.74. The van der Waals surface area contributed by atoms with Crippen LogP contribution in [0, 0.1) is 5.41 Å². The SMILES string of the molecule is CCCOc1ccc(S(=O)(=O)NCC(C)(C)C(=O)O)cc1. The number of sulfonamides is 1. The fourth-order valence-electron chi connectivity index (χ4n) is 1.37. The van der Waals surface area contributed by atoms with Crippen LogP contribution in [0.3, 0.4) is 0 Å². The first-order valence-electron chi connectivity index (χ1n) is 6.65. The molecule has 0 unspecified atom stereocenters. The normalized spacial score (nSPS) is 12.1. The standard InChI is InChI=1S/C14H21NO5S/c1-4-9-20-11-5-7-12(8-6-11)21(18,19)15-10-14(2,3)13(16)17/h5-8,15H,4,9-10H2,1-3H3,(H,16,17). The second-order valence-electron chi connectivity index (χ2n) is 5.33. The first-order valence-corrected chi connectivity index (χ1v) is 8.13. The largest absolute Gasteiger partial charge is 0.494 e. The van der Waals surface area contributed by atoms with Gasteiger partial charge in [-0.2, -0.15) is 0 Å². The summed E-state index contributed by atoms with van der Waals surface area (Å²) < 4.78 is 31.8. The predicted molar refractivity (Wildman–Crippen MR) is 78.8 cm³/mol. The number of nitrogens with one attached hydrogen (secondary N) is 1. The Morgan fingerprint density at radius 3 is 2.33 bits per heavy atom. The first-order chi connectivity index (χ1) is 9.69. The van der Waals surface area contributed by atoms with E-state index in [2.05, 4.69) is 4.72 Å². The highest BCUT2D eigenvalue weighted by molar-refractivity contribution is 7.89. The van der Waals surface area contributed by atoms with Gasteiger partial charge in [0.05, 0.1) is 16.9 Å². The molecule has 0 aliphatic heterocycles. The Balaban J connectivity index is 2.77. The van der Waals surface area contributed by atoms with Crippen LogP contribution in [0.15, 0.2) is 29.2 Å². The monoisotopic (exact) mass is 315 g/mol. The molecule has 0 saturated carbocycles. The molecule has 0 heterocycles. The van der Waals surface area contributed by atoms with Gasteiger partial charge in [-0.3, -0.25) is 4.79 Å². The molecular formula is C14H21NO5S. The van der Waals surface area contributed by atoms with E-state index in [1.165, 1.54) is 26.0 Å². The number of rotatable bonds is 8. The van der Waals surface area contributed by atoms with Crippen molar-refractivity contribution in [2.75, 3.05) is 13.2 Å². The van der Waals surface area contributed by atoms with Gasteiger partial charge in [0.2, 0.25) is 10.0 Å². The molecule has 0 aromatic heterocycles. The van der Waals surface area contributed by atoms with Crippen LogP contribution in [0.1, 0.15) is 27.2 Å². The lowest BCUT2D eigenvalue weighted by Gasteiger charge is -2.19. The molecule has 0 radical (unpaired) electrons. The van der Waals surface area contributed by atoms with Crippen LogP contribution in [0.25, 0.3) is 0 Å². The van der Waals surface area contributed by atoms with Gasteiger partial charge in [-0.25, -0.2) is 13.1 Å². The summed E-state index contributed by atoms with van der Waals surface area (Å²) in [6.45, 7) is 5.28. The van der Waals surface area contributed by atoms with Gasteiger partial charge in [-0.1, -0.05) is 6.92 Å². The lowest BCUT2D eigenvalue weighted by atomic mass is 9.95. The number of hydrogen-bond acceptors (Lipinski definition) is 4. The zero-order chi connectivity index (χ0) is 16.1. The average Bonchev–Trinajstić information content (AvgIpc) is 2.43. The number of carbonyl (C=O) groups is 1. The summed E-state index contributed by atoms with van der Waals surface area (Å²) in [5, 5.41) is 8.98. The van der Waals surface area contributed by atoms with Crippen molar-refractivity contribution < 1.29 is 23.1 Å². The van der Waals surface area contributed by atoms with Crippen LogP contribution in [0.5, 0.6) is 5.75 Å². The van der Waals surface area contributed by atoms with Crippen LogP contribution < -0.4 is 9.46 Å². The Morgan fingerprint density at radius 1 is 1.29 bits per heavy atom. The van der Waals surface area contributed by atoms with Crippen molar-refractivity contribution in [1.29, 1.82) is 0 Å². The number of hydrogen-bond donors (Lipinski definition) is 2. The van der Waals surface area contributed by atoms with E-state index in [0.29, 0.717) is 12.4 Å². The number of benzene rings is 1. The minimum atomic E-state index is -3.73. The van der Waals surface area contributed by atoms with E-state index in [4.69, 9.17) is 9.84 Å². The Bertz CT molecular complexity index is 578. The van der Waals surface area contributed by atoms with Crippen molar-refractivity contribution in [1.82, 2.24) is 4.72 Å². The average molecular weight is 315 g/mol. The summed E-state index contributed by atoms with van der Waals surface area (Å²) >= 11 is 0. The molecule has 1 rings (SSSR count). The van der Waals surface area contributed by atoms with E-state index in [1.54, 1.807) is 12.1 Å². The molecule has 1 aromatic rings. The number of ether oxygens (including phenoxy) is 1. The van der Waals surface area contributed by atoms with Crippen molar-refractivity contribution in [2.24, 2.45) is 5.41 Å². The molecule has 6 nitrogen and oxygen atoms in total. The van der Waals surface area contributed by atoms with Crippen molar-refractivity contribution >= 4 is 16.0 Å². The Morgan fingerprint density at radius 2 is 1.86 bits per heavy atom. The summed E-state index contributed by atoms with van der Waals surface area (Å²) in [5.74, 6) is -0.463. The molecule has 7 heteroatoms. The maximum absolute atomic E-state index is 12.1. The van der Waals surface area contributed by atoms with E-state index >= 15 is 0 Å². The van der Waals surface area contributed by atoms with Crippen LogP contribution in [0.4, 0.5) is 0 Å². The minimum absolute atomic E-state index is 0.0764. The topological polar surface area (TPSA) is 92.7 Å². The van der Waals surface area contributed by atoms with Gasteiger partial charge in [-0.15, -0.1) is 0 Å². The molecule has 0 aliphatic carbocycles. The zero-order valence-corrected chi connectivity index (χ0v) is 13.2. The molecule has 0 aliphatic rings. The molecule has 2 N–H and O–H groups in total. The molecular weight excluding hydrogens is 294 g/mol. The third-order valence-corrected chi connectivity index (χ3v) is 4.31. The zero-order valence-electron chi connectivity index (χ0n) is 12.4. The minimum Gasteiger partial charge on any atom is -0.494 e. The Labute approximate surface area is 125 Å². The number of carboxylic acids is 1. The van der Waals surface area contributed by atoms with Gasteiger partial charge in [0.1, 0.15) is 5.75 Å². The molecule has 0 fully saturated rings. The second kappa shape index (κ2) is 6.91. The van der Waals surface area contributed by atoms with Gasteiger partial charge in [-0.05, 0) is 44.5 Å². The third-order valence-electron chi connectivity index (χ3n) is 2.89. The van der Waals surface area contributed by atoms with Crippen molar-refractivity contribution in [2.45, 2.75) is 32.1 Å². The van der Waals surface area contributed by atoms with Crippen molar-refractivity contribution in [3.63, 3.8) is 0 Å². The lowest BCUT2D eigenvalue weighted by molar-refractivity contribution is -0.146. The van der Waals surface area contributed by atoms with E-state index in [0.717, 1.165) is 6.42 Å². The summed E-state index contributed by atoms with van der Waals surface area (Å²) in [6, 6.07) is 6.02. The summed E-state index contributed by atoms with van der Waals surface area (Å²) in [7, 11) is -3.73. The smallest absolute Gasteiger partial charge is 0.310 e. The summed E-state index contributed by atoms with van der Waals surface area (Å²) in [5.41, 5.74) is -1.17. The fraction of sp³-hybridized carbons (Fsp3) is 0.500. The predicted octanol–water partition coefficient (Wildman–Crippen LogP) is 1.86. The van der Waals surface area contributed by atoms with Crippen LogP contribution in [-0.2, 0) is 14.8 Å². The van der Waals surface area contributed by atoms with Crippen LogP contribution in [0.2, 0.25) is 0 Å². The molecule has 0 bridgehead atoms. The van der Waals surface area contributed by atoms with E-state index in [-0.39, 0.29) is 11.4 Å². The summed E-state index contributed by atoms with van der Waals surface area (Å²) in [6.07, 6.45) is 0.867. The number of aliphatic carboxylic acids is 1. The molecule has 0 spiro atoms. The molecule has 0 atom stereocenters. The molecule has 1 aromatic carbocycles. The lowest BCUT2D eigenvalue weighted by Crippen LogP contribution is -2.38. The molecule has 21 heavy (non-hydrogen) atoms. The highest BCUT2D eigenvalue weighted by atomic mass is 32.2. The van der Waals surface area contributed by atoms with Gasteiger partial charge in [0.15, 0.2) is 0 Å². The third kappa shape index (κ3) is 5.02. The highest BCUT2D eigenvalue weighted by Gasteiger charge is 2.29. The van der Waals surface area contributed by atoms with Crippen LogP contribution in [-0.4, -0.2) is 32.6 Å². The highest BCUT2D eigenvalue weighted by Crippen LogP contribution is 2.18. The van der Waals surface area contributed by atoms with Gasteiger partial charge in [0, 0.05) is 6.54 Å². The summed E-state index contributed by atoms with van der Waals surface area (Å²) in [4.78, 5) is 11.0. The van der Waals surface area contributed by atoms with E-state index < -0.39 is 21.4 Å². The number of carboxylic acid groups (broad SMARTS) is 1. The maximum atomic E-state index is 12.1. The molecule has 0 amide bonds. The van der Waals surface area contributed by atoms with Gasteiger partial charge < -0.3 is 9.84 Å². The quantitative estimate of drug-likeness (QED) is 0.764. The van der Waals surface area contributed by atoms with Gasteiger partial charge in [0.25, 0.3) is 0 Å². The maximum Gasteiger partial charge on any atom is 0.310 e. The molecule has 0 saturated heterocycles. The van der Waals surface area contributed by atoms with Crippen molar-refractivity contribution in [3.05, 3.63) is 24.3 Å². The van der Waals surface area contributed by atoms with Crippen molar-refractivity contribution in [3.8, 4) is 5.75 Å². The van der Waals surface area contributed by atoms with Crippen LogP contribution >= 0.6 is 0 Å². The van der Waals surface area contributed by atoms with E-state index in [9.17, 15) is 13.2 Å². The first kappa shape index (κ1) is 17.5. The van der Waals surface area contributed by atoms with E-state index in [1.807, 2.05) is 6.92 Å². The Hall–Kier alpha value is -1.60. The second-order valence-corrected chi connectivity index (χ2v) is 7.10. The van der Waals surface area contributed by atoms with Gasteiger partial charge >= 0.3 is 5.97 Å².